The lowest BCUT2D eigenvalue weighted by molar-refractivity contribution is 0.112. The van der Waals surface area contributed by atoms with E-state index in [4.69, 9.17) is 14.2 Å². The minimum Gasteiger partial charge on any atom is -0.493 e. The molecule has 2 rings (SSSR count). The van der Waals surface area contributed by atoms with Crippen molar-refractivity contribution in [2.24, 2.45) is 0 Å². The first-order valence-electron chi connectivity index (χ1n) is 6.37. The second-order valence-corrected chi connectivity index (χ2v) is 5.42. The number of carbonyl (C=O) groups is 1. The van der Waals surface area contributed by atoms with Gasteiger partial charge >= 0.3 is 0 Å². The summed E-state index contributed by atoms with van der Waals surface area (Å²) in [4.78, 5) is 10.7. The second-order valence-electron chi connectivity index (χ2n) is 4.18. The molecule has 5 heteroatoms. The largest absolute Gasteiger partial charge is 0.493 e. The maximum absolute atomic E-state index is 10.7. The number of benzene rings is 2. The molecule has 2 aromatic carbocycles. The van der Waals surface area contributed by atoms with Crippen LogP contribution in [0.3, 0.4) is 0 Å². The summed E-state index contributed by atoms with van der Waals surface area (Å²) in [6.07, 6.45) is 0.770. The van der Waals surface area contributed by atoms with Crippen LogP contribution in [-0.4, -0.2) is 26.6 Å². The average molecular weight is 398 g/mol. The fourth-order valence-corrected chi connectivity index (χ4v) is 2.08. The monoisotopic (exact) mass is 398 g/mol. The molecule has 0 heterocycles. The normalized spacial score (nSPS) is 10.0. The van der Waals surface area contributed by atoms with Gasteiger partial charge in [-0.25, -0.2) is 0 Å². The predicted octanol–water partition coefficient (Wildman–Crippen LogP) is 3.57. The van der Waals surface area contributed by atoms with Crippen molar-refractivity contribution < 1.29 is 19.0 Å². The first-order valence-corrected chi connectivity index (χ1v) is 7.45. The highest BCUT2D eigenvalue weighted by Gasteiger charge is 2.05. The molecule has 0 saturated carbocycles. The third-order valence-electron chi connectivity index (χ3n) is 2.75. The average Bonchev–Trinajstić information content (AvgIpc) is 2.53. The van der Waals surface area contributed by atoms with Crippen LogP contribution in [0, 0.1) is 3.57 Å². The summed E-state index contributed by atoms with van der Waals surface area (Å²) in [6.45, 7) is 0.821. The minimum atomic E-state index is 0.392. The molecule has 0 spiro atoms. The van der Waals surface area contributed by atoms with Crippen LogP contribution in [0.15, 0.2) is 42.5 Å². The summed E-state index contributed by atoms with van der Waals surface area (Å²) in [5.41, 5.74) is 0.550. The van der Waals surface area contributed by atoms with Gasteiger partial charge in [-0.3, -0.25) is 4.79 Å². The van der Waals surface area contributed by atoms with Gasteiger partial charge in [-0.15, -0.1) is 0 Å². The third kappa shape index (κ3) is 4.63. The van der Waals surface area contributed by atoms with E-state index in [0.717, 1.165) is 15.6 Å². The number of halogens is 1. The maximum atomic E-state index is 10.7. The van der Waals surface area contributed by atoms with Crippen molar-refractivity contribution in [3.8, 4) is 17.2 Å². The van der Waals surface area contributed by atoms with Gasteiger partial charge in [0.15, 0.2) is 11.5 Å². The van der Waals surface area contributed by atoms with E-state index >= 15 is 0 Å². The van der Waals surface area contributed by atoms with Crippen LogP contribution in [0.2, 0.25) is 0 Å². The van der Waals surface area contributed by atoms with E-state index < -0.39 is 0 Å². The van der Waals surface area contributed by atoms with Crippen LogP contribution >= 0.6 is 22.6 Å². The lowest BCUT2D eigenvalue weighted by atomic mass is 10.2. The molecule has 0 fully saturated rings. The molecule has 4 nitrogen and oxygen atoms in total. The van der Waals surface area contributed by atoms with Crippen molar-refractivity contribution in [1.29, 1.82) is 0 Å². The Kier molecular flexibility index (Phi) is 5.86. The van der Waals surface area contributed by atoms with Crippen LogP contribution in [0.1, 0.15) is 10.4 Å². The van der Waals surface area contributed by atoms with Gasteiger partial charge in [-0.05, 0) is 65.1 Å². The highest BCUT2D eigenvalue weighted by Crippen LogP contribution is 2.27. The van der Waals surface area contributed by atoms with Crippen molar-refractivity contribution in [2.45, 2.75) is 0 Å². The van der Waals surface area contributed by atoms with E-state index in [1.165, 1.54) is 0 Å². The molecule has 0 aliphatic rings. The molecule has 0 saturated heterocycles. The van der Waals surface area contributed by atoms with E-state index in [0.29, 0.717) is 30.3 Å². The first-order chi connectivity index (χ1) is 10.2. The summed E-state index contributed by atoms with van der Waals surface area (Å²) in [5.74, 6) is 1.94. The van der Waals surface area contributed by atoms with Crippen LogP contribution in [0.5, 0.6) is 17.2 Å². The van der Waals surface area contributed by atoms with Crippen LogP contribution in [0.25, 0.3) is 0 Å². The van der Waals surface area contributed by atoms with Gasteiger partial charge in [0.25, 0.3) is 0 Å². The second kappa shape index (κ2) is 7.87. The van der Waals surface area contributed by atoms with E-state index in [2.05, 4.69) is 22.6 Å². The summed E-state index contributed by atoms with van der Waals surface area (Å²) in [5, 5.41) is 0. The Balaban J connectivity index is 1.85. The molecule has 0 amide bonds. The number of rotatable bonds is 7. The molecular weight excluding hydrogens is 383 g/mol. The molecule has 0 unspecified atom stereocenters. The molecule has 110 valence electrons. The van der Waals surface area contributed by atoms with Crippen LogP contribution in [-0.2, 0) is 0 Å². The Hall–Kier alpha value is -1.76. The number of hydrogen-bond acceptors (Lipinski definition) is 4. The molecule has 0 aliphatic carbocycles. The zero-order valence-electron chi connectivity index (χ0n) is 11.5. The van der Waals surface area contributed by atoms with Gasteiger partial charge in [-0.1, -0.05) is 0 Å². The van der Waals surface area contributed by atoms with E-state index in [-0.39, 0.29) is 0 Å². The summed E-state index contributed by atoms with van der Waals surface area (Å²) in [6, 6.07) is 12.8. The molecule has 0 aromatic heterocycles. The molecule has 0 radical (unpaired) electrons. The maximum Gasteiger partial charge on any atom is 0.161 e. The molecule has 0 aliphatic heterocycles. The van der Waals surface area contributed by atoms with Gasteiger partial charge in [0.2, 0.25) is 0 Å². The Morgan fingerprint density at radius 3 is 2.38 bits per heavy atom. The van der Waals surface area contributed by atoms with E-state index in [1.54, 1.807) is 25.3 Å². The van der Waals surface area contributed by atoms with Crippen molar-refractivity contribution in [2.75, 3.05) is 20.3 Å². The van der Waals surface area contributed by atoms with Crippen molar-refractivity contribution >= 4 is 28.9 Å². The first kappa shape index (κ1) is 15.6. The molecule has 0 atom stereocenters. The van der Waals surface area contributed by atoms with Gasteiger partial charge in [0.1, 0.15) is 25.2 Å². The Labute approximate surface area is 137 Å². The predicted molar refractivity (Wildman–Crippen MR) is 88.5 cm³/mol. The summed E-state index contributed by atoms with van der Waals surface area (Å²) in [7, 11) is 1.54. The highest BCUT2D eigenvalue weighted by molar-refractivity contribution is 14.1. The van der Waals surface area contributed by atoms with Crippen LogP contribution in [0.4, 0.5) is 0 Å². The van der Waals surface area contributed by atoms with Crippen molar-refractivity contribution in [3.05, 3.63) is 51.6 Å². The fraction of sp³-hybridized carbons (Fsp3) is 0.188. The third-order valence-corrected chi connectivity index (χ3v) is 3.47. The topological polar surface area (TPSA) is 44.8 Å². The number of methoxy groups -OCH3 is 1. The molecule has 21 heavy (non-hydrogen) atoms. The van der Waals surface area contributed by atoms with Crippen molar-refractivity contribution in [3.63, 3.8) is 0 Å². The number of ether oxygens (including phenoxy) is 3. The van der Waals surface area contributed by atoms with E-state index in [9.17, 15) is 4.79 Å². The fourth-order valence-electron chi connectivity index (χ4n) is 1.72. The molecule has 0 N–H and O–H groups in total. The van der Waals surface area contributed by atoms with Gasteiger partial charge in [0, 0.05) is 9.13 Å². The van der Waals surface area contributed by atoms with Crippen LogP contribution < -0.4 is 14.2 Å². The Bertz CT molecular complexity index is 596. The SMILES string of the molecule is COc1cc(C=O)ccc1OCCOc1ccc(I)cc1. The summed E-state index contributed by atoms with van der Waals surface area (Å²) >= 11 is 2.24. The number of aldehydes is 1. The highest BCUT2D eigenvalue weighted by atomic mass is 127. The van der Waals surface area contributed by atoms with E-state index in [1.807, 2.05) is 24.3 Å². The molecule has 2 aromatic rings. The molecule has 0 bridgehead atoms. The Morgan fingerprint density at radius 2 is 1.71 bits per heavy atom. The quantitative estimate of drug-likeness (QED) is 0.407. The van der Waals surface area contributed by atoms with Gasteiger partial charge in [-0.2, -0.15) is 0 Å². The number of hydrogen-bond donors (Lipinski definition) is 0. The van der Waals surface area contributed by atoms with Crippen molar-refractivity contribution in [1.82, 2.24) is 0 Å². The lowest BCUT2D eigenvalue weighted by Crippen LogP contribution is -2.09. The Morgan fingerprint density at radius 1 is 1.00 bits per heavy atom. The zero-order valence-corrected chi connectivity index (χ0v) is 13.7. The smallest absolute Gasteiger partial charge is 0.161 e. The minimum absolute atomic E-state index is 0.392. The summed E-state index contributed by atoms with van der Waals surface area (Å²) < 4.78 is 17.5. The van der Waals surface area contributed by atoms with Gasteiger partial charge in [0.05, 0.1) is 7.11 Å². The zero-order chi connectivity index (χ0) is 15.1. The molecular formula is C16H15IO4. The standard InChI is InChI=1S/C16H15IO4/c1-19-16-10-12(11-18)2-7-15(16)21-9-8-20-14-5-3-13(17)4-6-14/h2-7,10-11H,8-9H2,1H3. The lowest BCUT2D eigenvalue weighted by Gasteiger charge is -2.11. The number of carbonyl (C=O) groups excluding carboxylic acids is 1. The van der Waals surface area contributed by atoms with Gasteiger partial charge < -0.3 is 14.2 Å².